The van der Waals surface area contributed by atoms with Crippen LogP contribution in [0.2, 0.25) is 0 Å². The number of benzene rings is 1. The molecule has 2 aromatic rings. The van der Waals surface area contributed by atoms with Crippen LogP contribution in [-0.4, -0.2) is 41.9 Å². The van der Waals surface area contributed by atoms with Crippen molar-refractivity contribution in [1.82, 2.24) is 4.98 Å². The summed E-state index contributed by atoms with van der Waals surface area (Å²) in [7, 11) is 3.07. The zero-order valence-corrected chi connectivity index (χ0v) is 16.1. The molecule has 1 heterocycles. The van der Waals surface area contributed by atoms with E-state index >= 15 is 0 Å². The molecule has 0 saturated heterocycles. The number of carboxylic acids is 1. The average Bonchev–Trinajstić information content (AvgIpc) is 2.72. The molecule has 7 heteroatoms. The first-order valence-corrected chi connectivity index (χ1v) is 9.16. The Bertz CT molecular complexity index is 835. The van der Waals surface area contributed by atoms with E-state index in [0.29, 0.717) is 29.9 Å². The van der Waals surface area contributed by atoms with E-state index in [0.717, 1.165) is 24.1 Å². The van der Waals surface area contributed by atoms with Gasteiger partial charge in [-0.05, 0) is 30.9 Å². The fourth-order valence-electron chi connectivity index (χ4n) is 2.73. The van der Waals surface area contributed by atoms with Crippen molar-refractivity contribution in [3.05, 3.63) is 53.7 Å². The van der Waals surface area contributed by atoms with Gasteiger partial charge in [-0.25, -0.2) is 14.8 Å². The summed E-state index contributed by atoms with van der Waals surface area (Å²) in [6, 6.07) is 11.5. The summed E-state index contributed by atoms with van der Waals surface area (Å²) in [5.74, 6) is -0.744. The second-order valence-corrected chi connectivity index (χ2v) is 6.22. The molecule has 0 radical (unpaired) electrons. The number of unbranched alkanes of at least 4 members (excludes halogenated alkanes) is 2. The Labute approximate surface area is 164 Å². The van der Waals surface area contributed by atoms with Crippen molar-refractivity contribution >= 4 is 29.2 Å². The fraction of sp³-hybridized carbons (Fsp3) is 0.333. The Morgan fingerprint density at radius 3 is 2.46 bits per heavy atom. The molecule has 0 fully saturated rings. The highest BCUT2D eigenvalue weighted by molar-refractivity contribution is 6.02. The second kappa shape index (κ2) is 10.8. The summed E-state index contributed by atoms with van der Waals surface area (Å²) in [5, 5.41) is 11.8. The molecule has 1 aromatic heterocycles. The highest BCUT2D eigenvalue weighted by Gasteiger charge is 2.12. The molecule has 2 N–H and O–H groups in total. The van der Waals surface area contributed by atoms with Crippen LogP contribution in [0.1, 0.15) is 48.0 Å². The summed E-state index contributed by atoms with van der Waals surface area (Å²) >= 11 is 0. The number of pyridine rings is 1. The standard InChI is InChI=1S/C21H25N3O4/c1-22-18-13-16(21(27)28-2)14-23-20(18)24-17(15-9-5-3-6-10-15)11-7-4-8-12-19(25)26/h3,5-6,9-10,13-14,22H,4,7-8,11-12H2,1-2H3,(H,25,26)/b24-17+. The van der Waals surface area contributed by atoms with Crippen LogP contribution < -0.4 is 5.32 Å². The van der Waals surface area contributed by atoms with Gasteiger partial charge < -0.3 is 15.2 Å². The van der Waals surface area contributed by atoms with Gasteiger partial charge >= 0.3 is 11.9 Å². The number of carbonyl (C=O) groups is 2. The molecule has 28 heavy (non-hydrogen) atoms. The lowest BCUT2D eigenvalue weighted by molar-refractivity contribution is -0.137. The van der Waals surface area contributed by atoms with Crippen molar-refractivity contribution in [2.75, 3.05) is 19.5 Å². The zero-order valence-electron chi connectivity index (χ0n) is 16.1. The van der Waals surface area contributed by atoms with E-state index in [1.165, 1.54) is 13.3 Å². The molecule has 0 saturated carbocycles. The molecular weight excluding hydrogens is 358 g/mol. The van der Waals surface area contributed by atoms with Crippen molar-refractivity contribution in [3.8, 4) is 0 Å². The lowest BCUT2D eigenvalue weighted by Crippen LogP contribution is -2.05. The van der Waals surface area contributed by atoms with E-state index in [-0.39, 0.29) is 6.42 Å². The maximum Gasteiger partial charge on any atom is 0.339 e. The van der Waals surface area contributed by atoms with Crippen LogP contribution in [0.25, 0.3) is 0 Å². The monoisotopic (exact) mass is 383 g/mol. The van der Waals surface area contributed by atoms with Crippen LogP contribution >= 0.6 is 0 Å². The normalized spacial score (nSPS) is 11.1. The third-order valence-corrected chi connectivity index (χ3v) is 4.21. The minimum absolute atomic E-state index is 0.179. The van der Waals surface area contributed by atoms with Crippen molar-refractivity contribution in [2.45, 2.75) is 32.1 Å². The number of aliphatic imine (C=N–C) groups is 1. The summed E-state index contributed by atoms with van der Waals surface area (Å²) in [6.45, 7) is 0. The largest absolute Gasteiger partial charge is 0.481 e. The average molecular weight is 383 g/mol. The number of hydrogen-bond donors (Lipinski definition) is 2. The molecule has 148 valence electrons. The summed E-state index contributed by atoms with van der Waals surface area (Å²) in [6.07, 6.45) is 4.61. The number of esters is 1. The number of ether oxygens (including phenoxy) is 1. The minimum atomic E-state index is -0.773. The van der Waals surface area contributed by atoms with Gasteiger partial charge in [0.05, 0.1) is 24.1 Å². The Morgan fingerprint density at radius 2 is 1.82 bits per heavy atom. The van der Waals surface area contributed by atoms with Gasteiger partial charge in [0.1, 0.15) is 0 Å². The quantitative estimate of drug-likeness (QED) is 0.364. The van der Waals surface area contributed by atoms with Crippen LogP contribution in [0.4, 0.5) is 11.5 Å². The Morgan fingerprint density at radius 1 is 1.11 bits per heavy atom. The molecule has 2 rings (SSSR count). The predicted octanol–water partition coefficient (Wildman–Crippen LogP) is 4.07. The van der Waals surface area contributed by atoms with Crippen LogP contribution in [0.15, 0.2) is 47.6 Å². The molecule has 0 unspecified atom stereocenters. The number of nitrogens with zero attached hydrogens (tertiary/aromatic N) is 2. The Balaban J connectivity index is 2.25. The van der Waals surface area contributed by atoms with Crippen molar-refractivity contribution in [1.29, 1.82) is 0 Å². The third kappa shape index (κ3) is 6.19. The van der Waals surface area contributed by atoms with Gasteiger partial charge in [-0.15, -0.1) is 0 Å². The van der Waals surface area contributed by atoms with Crippen molar-refractivity contribution < 1.29 is 19.4 Å². The number of rotatable bonds is 10. The molecule has 7 nitrogen and oxygen atoms in total. The first-order valence-electron chi connectivity index (χ1n) is 9.16. The van der Waals surface area contributed by atoms with Crippen LogP contribution in [-0.2, 0) is 9.53 Å². The number of methoxy groups -OCH3 is 1. The number of nitrogens with one attached hydrogen (secondary N) is 1. The molecule has 0 amide bonds. The minimum Gasteiger partial charge on any atom is -0.481 e. The molecule has 0 aliphatic rings. The number of aliphatic carboxylic acids is 1. The molecule has 0 spiro atoms. The SMILES string of the molecule is CNc1cc(C(=O)OC)cnc1/N=C(\CCCCCC(=O)O)c1ccccc1. The van der Waals surface area contributed by atoms with Gasteiger partial charge in [0.15, 0.2) is 5.82 Å². The molecule has 0 atom stereocenters. The van der Waals surface area contributed by atoms with Gasteiger partial charge in [-0.1, -0.05) is 36.8 Å². The van der Waals surface area contributed by atoms with E-state index in [9.17, 15) is 9.59 Å². The summed E-state index contributed by atoms with van der Waals surface area (Å²) in [5.41, 5.74) is 2.83. The van der Waals surface area contributed by atoms with E-state index in [4.69, 9.17) is 14.8 Å². The van der Waals surface area contributed by atoms with Crippen LogP contribution in [0, 0.1) is 0 Å². The van der Waals surface area contributed by atoms with Gasteiger partial charge in [-0.3, -0.25) is 4.79 Å². The van der Waals surface area contributed by atoms with E-state index < -0.39 is 11.9 Å². The third-order valence-electron chi connectivity index (χ3n) is 4.21. The predicted molar refractivity (Wildman–Crippen MR) is 108 cm³/mol. The first-order chi connectivity index (χ1) is 13.5. The summed E-state index contributed by atoms with van der Waals surface area (Å²) in [4.78, 5) is 31.4. The molecular formula is C21H25N3O4. The highest BCUT2D eigenvalue weighted by Crippen LogP contribution is 2.25. The Kier molecular flexibility index (Phi) is 8.14. The zero-order chi connectivity index (χ0) is 20.4. The van der Waals surface area contributed by atoms with Gasteiger partial charge in [-0.2, -0.15) is 0 Å². The maximum atomic E-state index is 11.7. The number of carboxylic acid groups (broad SMARTS) is 1. The van der Waals surface area contributed by atoms with Crippen LogP contribution in [0.3, 0.4) is 0 Å². The number of anilines is 1. The van der Waals surface area contributed by atoms with Crippen LogP contribution in [0.5, 0.6) is 0 Å². The van der Waals surface area contributed by atoms with E-state index in [2.05, 4.69) is 10.3 Å². The highest BCUT2D eigenvalue weighted by atomic mass is 16.5. The van der Waals surface area contributed by atoms with Crippen molar-refractivity contribution in [2.24, 2.45) is 4.99 Å². The molecule has 1 aromatic carbocycles. The first kappa shape index (κ1) is 21.1. The molecule has 0 aliphatic carbocycles. The maximum absolute atomic E-state index is 11.7. The van der Waals surface area contributed by atoms with E-state index in [1.807, 2.05) is 30.3 Å². The van der Waals surface area contributed by atoms with Gasteiger partial charge in [0.2, 0.25) is 0 Å². The lowest BCUT2D eigenvalue weighted by atomic mass is 10.0. The molecule has 0 bridgehead atoms. The Hall–Kier alpha value is -3.22. The number of aromatic nitrogens is 1. The topological polar surface area (TPSA) is 101 Å². The number of carbonyl (C=O) groups excluding carboxylic acids is 1. The summed E-state index contributed by atoms with van der Waals surface area (Å²) < 4.78 is 4.73. The smallest absolute Gasteiger partial charge is 0.339 e. The molecule has 0 aliphatic heterocycles. The van der Waals surface area contributed by atoms with E-state index in [1.54, 1.807) is 13.1 Å². The van der Waals surface area contributed by atoms with Gasteiger partial charge in [0, 0.05) is 19.7 Å². The fourth-order valence-corrected chi connectivity index (χ4v) is 2.73. The van der Waals surface area contributed by atoms with Gasteiger partial charge in [0.25, 0.3) is 0 Å². The lowest BCUT2D eigenvalue weighted by Gasteiger charge is -2.10. The number of hydrogen-bond acceptors (Lipinski definition) is 6. The second-order valence-electron chi connectivity index (χ2n) is 6.22. The van der Waals surface area contributed by atoms with Crippen molar-refractivity contribution in [3.63, 3.8) is 0 Å².